The van der Waals surface area contributed by atoms with Crippen LogP contribution in [0.15, 0.2) is 23.1 Å². The van der Waals surface area contributed by atoms with Gasteiger partial charge in [-0.25, -0.2) is 12.8 Å². The van der Waals surface area contributed by atoms with Crippen LogP contribution in [0.5, 0.6) is 0 Å². The number of hydrogen-bond donors (Lipinski definition) is 1. The summed E-state index contributed by atoms with van der Waals surface area (Å²) < 4.78 is 40.9. The summed E-state index contributed by atoms with van der Waals surface area (Å²) in [6.45, 7) is 7.74. The molecule has 1 rings (SSSR count). The van der Waals surface area contributed by atoms with Gasteiger partial charge in [0.05, 0.1) is 10.5 Å². The fourth-order valence-electron chi connectivity index (χ4n) is 2.03. The molecule has 0 aliphatic carbocycles. The highest BCUT2D eigenvalue weighted by atomic mass is 32.2. The molecule has 0 saturated carbocycles. The summed E-state index contributed by atoms with van der Waals surface area (Å²) in [6.07, 6.45) is 0. The van der Waals surface area contributed by atoms with Gasteiger partial charge in [0.2, 0.25) is 10.0 Å². The van der Waals surface area contributed by atoms with E-state index in [1.807, 2.05) is 13.8 Å². The highest BCUT2D eigenvalue weighted by molar-refractivity contribution is 7.89. The van der Waals surface area contributed by atoms with E-state index in [4.69, 9.17) is 18.0 Å². The smallest absolute Gasteiger partial charge is 0.244 e. The van der Waals surface area contributed by atoms with Crippen LogP contribution >= 0.6 is 12.2 Å². The first-order valence-electron chi connectivity index (χ1n) is 6.69. The van der Waals surface area contributed by atoms with E-state index >= 15 is 0 Å². The lowest BCUT2D eigenvalue weighted by molar-refractivity contribution is 0.318. The molecule has 0 aliphatic heterocycles. The van der Waals surface area contributed by atoms with Crippen LogP contribution in [0.4, 0.5) is 4.39 Å². The van der Waals surface area contributed by atoms with Gasteiger partial charge in [-0.15, -0.1) is 0 Å². The molecule has 21 heavy (non-hydrogen) atoms. The summed E-state index contributed by atoms with van der Waals surface area (Å²) in [4.78, 5) is -0.440. The third-order valence-electron chi connectivity index (χ3n) is 2.93. The maximum Gasteiger partial charge on any atom is 0.244 e. The van der Waals surface area contributed by atoms with Crippen molar-refractivity contribution in [2.75, 3.05) is 6.54 Å². The Morgan fingerprint density at radius 1 is 1.33 bits per heavy atom. The minimum absolute atomic E-state index is 0.143. The molecule has 1 aromatic rings. The number of hydrogen-bond acceptors (Lipinski definition) is 3. The van der Waals surface area contributed by atoms with Crippen molar-refractivity contribution in [2.24, 2.45) is 11.7 Å². The molecule has 0 fully saturated rings. The highest BCUT2D eigenvalue weighted by Crippen LogP contribution is 2.25. The molecular weight excluding hydrogens is 311 g/mol. The van der Waals surface area contributed by atoms with Gasteiger partial charge in [-0.3, -0.25) is 0 Å². The van der Waals surface area contributed by atoms with E-state index in [0.29, 0.717) is 6.54 Å². The minimum Gasteiger partial charge on any atom is -0.389 e. The largest absolute Gasteiger partial charge is 0.389 e. The predicted octanol–water partition coefficient (Wildman–Crippen LogP) is 2.52. The number of rotatable bonds is 6. The molecule has 2 N–H and O–H groups in total. The minimum atomic E-state index is -3.87. The topological polar surface area (TPSA) is 63.4 Å². The quantitative estimate of drug-likeness (QED) is 0.813. The van der Waals surface area contributed by atoms with Gasteiger partial charge in [0.1, 0.15) is 10.8 Å². The number of sulfonamides is 1. The van der Waals surface area contributed by atoms with Gasteiger partial charge in [-0.05, 0) is 31.9 Å². The van der Waals surface area contributed by atoms with Crippen LogP contribution in [0, 0.1) is 11.7 Å². The second kappa shape index (κ2) is 6.81. The SMILES string of the molecule is CC(C)CN(C(C)C)S(=O)(=O)c1cccc(F)c1C(N)=S. The van der Waals surface area contributed by atoms with E-state index in [-0.39, 0.29) is 27.4 Å². The molecular formula is C14H21FN2O2S2. The average molecular weight is 332 g/mol. The lowest BCUT2D eigenvalue weighted by Gasteiger charge is -2.28. The van der Waals surface area contributed by atoms with Gasteiger partial charge in [-0.2, -0.15) is 4.31 Å². The molecule has 0 atom stereocenters. The van der Waals surface area contributed by atoms with Crippen LogP contribution in [-0.4, -0.2) is 30.3 Å². The Morgan fingerprint density at radius 3 is 2.33 bits per heavy atom. The molecule has 0 radical (unpaired) electrons. The van der Waals surface area contributed by atoms with Gasteiger partial charge in [0.25, 0.3) is 0 Å². The van der Waals surface area contributed by atoms with Crippen LogP contribution in [0.1, 0.15) is 33.3 Å². The van der Waals surface area contributed by atoms with E-state index < -0.39 is 15.8 Å². The molecule has 0 spiro atoms. The van der Waals surface area contributed by atoms with E-state index in [1.165, 1.54) is 16.4 Å². The van der Waals surface area contributed by atoms with Crippen molar-refractivity contribution in [3.05, 3.63) is 29.6 Å². The second-order valence-corrected chi connectivity index (χ2v) is 7.84. The normalized spacial score (nSPS) is 12.4. The zero-order chi connectivity index (χ0) is 16.4. The standard InChI is InChI=1S/C14H21FN2O2S2/c1-9(2)8-17(10(3)4)21(18,19)12-7-5-6-11(15)13(12)14(16)20/h5-7,9-10H,8H2,1-4H3,(H2,16,20). The molecule has 0 aliphatic rings. The number of halogens is 1. The van der Waals surface area contributed by atoms with Gasteiger partial charge in [-0.1, -0.05) is 32.1 Å². The number of nitrogens with two attached hydrogens (primary N) is 1. The van der Waals surface area contributed by atoms with Gasteiger partial charge < -0.3 is 5.73 Å². The first kappa shape index (κ1) is 18.0. The average Bonchev–Trinajstić information content (AvgIpc) is 2.34. The first-order chi connectivity index (χ1) is 9.59. The van der Waals surface area contributed by atoms with Gasteiger partial charge >= 0.3 is 0 Å². The van der Waals surface area contributed by atoms with Crippen molar-refractivity contribution in [2.45, 2.75) is 38.6 Å². The fourth-order valence-corrected chi connectivity index (χ4v) is 4.32. The van der Waals surface area contributed by atoms with Crippen molar-refractivity contribution < 1.29 is 12.8 Å². The Kier molecular flexibility index (Phi) is 5.83. The molecule has 0 bridgehead atoms. The van der Waals surface area contributed by atoms with Crippen LogP contribution in [-0.2, 0) is 10.0 Å². The first-order valence-corrected chi connectivity index (χ1v) is 8.54. The molecule has 1 aromatic carbocycles. The van der Waals surface area contributed by atoms with Crippen molar-refractivity contribution in [1.82, 2.24) is 4.31 Å². The Balaban J connectivity index is 3.49. The maximum absolute atomic E-state index is 13.9. The van der Waals surface area contributed by atoms with E-state index in [0.717, 1.165) is 6.07 Å². The summed E-state index contributed by atoms with van der Waals surface area (Å²) in [5, 5.41) is 0. The van der Waals surface area contributed by atoms with Crippen LogP contribution in [0.3, 0.4) is 0 Å². The summed E-state index contributed by atoms with van der Waals surface area (Å²) in [7, 11) is -3.87. The van der Waals surface area contributed by atoms with Gasteiger partial charge in [0, 0.05) is 12.6 Å². The lowest BCUT2D eigenvalue weighted by Crippen LogP contribution is -2.40. The highest BCUT2D eigenvalue weighted by Gasteiger charge is 2.31. The number of benzene rings is 1. The molecule has 0 unspecified atom stereocenters. The number of thiocarbonyl (C=S) groups is 1. The second-order valence-electron chi connectivity index (χ2n) is 5.54. The molecule has 0 saturated heterocycles. The Hall–Kier alpha value is -1.05. The van der Waals surface area contributed by atoms with Crippen molar-refractivity contribution in [3.8, 4) is 0 Å². The maximum atomic E-state index is 13.9. The van der Waals surface area contributed by atoms with E-state index in [2.05, 4.69) is 0 Å². The summed E-state index contributed by atoms with van der Waals surface area (Å²) >= 11 is 4.80. The Morgan fingerprint density at radius 2 is 1.90 bits per heavy atom. The van der Waals surface area contributed by atoms with E-state index in [1.54, 1.807) is 13.8 Å². The molecule has 0 aromatic heterocycles. The van der Waals surface area contributed by atoms with E-state index in [9.17, 15) is 12.8 Å². The summed E-state index contributed by atoms with van der Waals surface area (Å²) in [5.74, 6) is -0.583. The van der Waals surface area contributed by atoms with Gasteiger partial charge in [0.15, 0.2) is 0 Å². The third kappa shape index (κ3) is 3.99. The monoisotopic (exact) mass is 332 g/mol. The molecule has 0 heterocycles. The van der Waals surface area contributed by atoms with Crippen molar-refractivity contribution in [1.29, 1.82) is 0 Å². The Bertz CT molecular complexity index is 628. The van der Waals surface area contributed by atoms with Crippen LogP contribution in [0.2, 0.25) is 0 Å². The van der Waals surface area contributed by atoms with Crippen molar-refractivity contribution in [3.63, 3.8) is 0 Å². The molecule has 118 valence electrons. The molecule has 4 nitrogen and oxygen atoms in total. The molecule has 7 heteroatoms. The summed E-state index contributed by atoms with van der Waals surface area (Å²) in [5.41, 5.74) is 5.28. The lowest BCUT2D eigenvalue weighted by atomic mass is 10.2. The zero-order valence-corrected chi connectivity index (χ0v) is 14.3. The third-order valence-corrected chi connectivity index (χ3v) is 5.22. The number of nitrogens with zero attached hydrogens (tertiary/aromatic N) is 1. The summed E-state index contributed by atoms with van der Waals surface area (Å²) in [6, 6.07) is 3.58. The predicted molar refractivity (Wildman–Crippen MR) is 86.2 cm³/mol. The Labute approximate surface area is 131 Å². The van der Waals surface area contributed by atoms with Crippen molar-refractivity contribution >= 4 is 27.2 Å². The molecule has 0 amide bonds. The van der Waals surface area contributed by atoms with Crippen LogP contribution in [0.25, 0.3) is 0 Å². The fraction of sp³-hybridized carbons (Fsp3) is 0.500. The van der Waals surface area contributed by atoms with Crippen LogP contribution < -0.4 is 5.73 Å². The zero-order valence-electron chi connectivity index (χ0n) is 12.6.